The fourth-order valence-corrected chi connectivity index (χ4v) is 3.71. The van der Waals surface area contributed by atoms with Gasteiger partial charge in [-0.25, -0.2) is 8.42 Å². The third-order valence-corrected chi connectivity index (χ3v) is 5.60. The van der Waals surface area contributed by atoms with Gasteiger partial charge in [0.05, 0.1) is 9.92 Å². The van der Waals surface area contributed by atoms with Crippen LogP contribution in [0.15, 0.2) is 27.6 Å². The maximum absolute atomic E-state index is 12.4. The van der Waals surface area contributed by atoms with Crippen LogP contribution >= 0.6 is 27.5 Å². The number of hydrogen-bond donors (Lipinski definition) is 1. The van der Waals surface area contributed by atoms with Gasteiger partial charge in [0.25, 0.3) is 0 Å². The van der Waals surface area contributed by atoms with E-state index >= 15 is 0 Å². The van der Waals surface area contributed by atoms with Crippen molar-refractivity contribution in [3.05, 3.63) is 27.7 Å². The molecule has 19 heavy (non-hydrogen) atoms. The molecule has 0 aliphatic rings. The maximum Gasteiger partial charge on any atom is 0.318 e. The van der Waals surface area contributed by atoms with Crippen molar-refractivity contribution in [3.8, 4) is 0 Å². The van der Waals surface area contributed by atoms with Crippen molar-refractivity contribution in [3.63, 3.8) is 0 Å². The summed E-state index contributed by atoms with van der Waals surface area (Å²) in [5.41, 5.74) is 0. The van der Waals surface area contributed by atoms with Crippen molar-refractivity contribution in [1.82, 2.24) is 4.31 Å². The molecule has 0 aliphatic carbocycles. The number of carbonyl (C=O) groups is 1. The van der Waals surface area contributed by atoms with Crippen molar-refractivity contribution in [2.24, 2.45) is 0 Å². The van der Waals surface area contributed by atoms with E-state index in [-0.39, 0.29) is 4.90 Å². The molecule has 0 saturated heterocycles. The van der Waals surface area contributed by atoms with Crippen LogP contribution in [-0.2, 0) is 14.8 Å². The molecule has 0 saturated carbocycles. The minimum absolute atomic E-state index is 0.00118. The molecule has 106 valence electrons. The van der Waals surface area contributed by atoms with E-state index in [1.165, 1.54) is 18.2 Å². The SMILES string of the molecule is CC(C)N(CC(=O)O)S(=O)(=O)c1ccc(Cl)c(Br)c1. The van der Waals surface area contributed by atoms with Crippen LogP contribution in [0.4, 0.5) is 0 Å². The summed E-state index contributed by atoms with van der Waals surface area (Å²) in [6.45, 7) is 2.65. The number of nitrogens with zero attached hydrogens (tertiary/aromatic N) is 1. The van der Waals surface area contributed by atoms with Gasteiger partial charge in [0.1, 0.15) is 6.54 Å². The largest absolute Gasteiger partial charge is 0.480 e. The van der Waals surface area contributed by atoms with Gasteiger partial charge in [0.2, 0.25) is 10.0 Å². The fourth-order valence-electron chi connectivity index (χ4n) is 1.45. The number of sulfonamides is 1. The Morgan fingerprint density at radius 2 is 2.05 bits per heavy atom. The Hall–Kier alpha value is -0.630. The molecule has 0 atom stereocenters. The predicted octanol–water partition coefficient (Wildman–Crippen LogP) is 2.59. The van der Waals surface area contributed by atoms with E-state index in [0.717, 1.165) is 4.31 Å². The summed E-state index contributed by atoms with van der Waals surface area (Å²) in [5, 5.41) is 9.19. The number of aliphatic carboxylic acids is 1. The van der Waals surface area contributed by atoms with Crippen molar-refractivity contribution >= 4 is 43.5 Å². The smallest absolute Gasteiger partial charge is 0.318 e. The van der Waals surface area contributed by atoms with Crippen molar-refractivity contribution in [2.75, 3.05) is 6.54 Å². The minimum atomic E-state index is -3.87. The first-order valence-electron chi connectivity index (χ1n) is 5.35. The Kier molecular flexibility index (Phi) is 5.37. The van der Waals surface area contributed by atoms with E-state index < -0.39 is 28.6 Å². The molecule has 0 aromatic heterocycles. The van der Waals surface area contributed by atoms with Gasteiger partial charge in [-0.15, -0.1) is 0 Å². The Morgan fingerprint density at radius 3 is 2.47 bits per heavy atom. The van der Waals surface area contributed by atoms with Gasteiger partial charge in [-0.2, -0.15) is 4.31 Å². The molecule has 0 spiro atoms. The molecule has 0 unspecified atom stereocenters. The number of carboxylic acids is 1. The van der Waals surface area contributed by atoms with Crippen molar-refractivity contribution in [2.45, 2.75) is 24.8 Å². The molecule has 5 nitrogen and oxygen atoms in total. The van der Waals surface area contributed by atoms with Crippen LogP contribution in [0, 0.1) is 0 Å². The second-order valence-corrected chi connectivity index (χ2v) is 7.27. The van der Waals surface area contributed by atoms with E-state index in [2.05, 4.69) is 15.9 Å². The second-order valence-electron chi connectivity index (χ2n) is 4.11. The monoisotopic (exact) mass is 369 g/mol. The molecule has 0 aliphatic heterocycles. The molecule has 0 radical (unpaired) electrons. The molecule has 1 aromatic rings. The highest BCUT2D eigenvalue weighted by Crippen LogP contribution is 2.27. The molecule has 8 heteroatoms. The second kappa shape index (κ2) is 6.21. The summed E-state index contributed by atoms with van der Waals surface area (Å²) < 4.78 is 26.1. The van der Waals surface area contributed by atoms with Gasteiger partial charge in [-0.3, -0.25) is 4.79 Å². The summed E-state index contributed by atoms with van der Waals surface area (Å²) >= 11 is 8.95. The first-order chi connectivity index (χ1) is 8.66. The first-order valence-corrected chi connectivity index (χ1v) is 7.96. The summed E-state index contributed by atoms with van der Waals surface area (Å²) in [6.07, 6.45) is 0. The van der Waals surface area contributed by atoms with Crippen LogP contribution in [0.5, 0.6) is 0 Å². The molecular formula is C11H13BrClNO4S. The third-order valence-electron chi connectivity index (χ3n) is 2.36. The standard InChI is InChI=1S/C11H13BrClNO4S/c1-7(2)14(6-11(15)16)19(17,18)8-3-4-10(13)9(12)5-8/h3-5,7H,6H2,1-2H3,(H,15,16). The van der Waals surface area contributed by atoms with Crippen LogP contribution in [0.2, 0.25) is 5.02 Å². The zero-order chi connectivity index (χ0) is 14.8. The highest BCUT2D eigenvalue weighted by atomic mass is 79.9. The first kappa shape index (κ1) is 16.4. The van der Waals surface area contributed by atoms with Gasteiger partial charge < -0.3 is 5.11 Å². The molecule has 0 amide bonds. The highest BCUT2D eigenvalue weighted by molar-refractivity contribution is 9.10. The quantitative estimate of drug-likeness (QED) is 0.864. The zero-order valence-electron chi connectivity index (χ0n) is 10.3. The van der Waals surface area contributed by atoms with E-state index in [9.17, 15) is 13.2 Å². The number of halogens is 2. The lowest BCUT2D eigenvalue weighted by Crippen LogP contribution is -2.40. The van der Waals surface area contributed by atoms with Crippen LogP contribution in [0.25, 0.3) is 0 Å². The number of carboxylic acid groups (broad SMARTS) is 1. The molecule has 1 rings (SSSR count). The summed E-state index contributed by atoms with van der Waals surface area (Å²) in [4.78, 5) is 10.8. The molecule has 0 bridgehead atoms. The van der Waals surface area contributed by atoms with Crippen LogP contribution in [-0.4, -0.2) is 36.4 Å². The number of rotatable bonds is 5. The van der Waals surface area contributed by atoms with E-state index in [1.54, 1.807) is 13.8 Å². The van der Waals surface area contributed by atoms with Gasteiger partial charge in [0.15, 0.2) is 0 Å². The fraction of sp³-hybridized carbons (Fsp3) is 0.364. The van der Waals surface area contributed by atoms with E-state index in [0.29, 0.717) is 9.50 Å². The molecule has 0 heterocycles. The average molecular weight is 371 g/mol. The number of hydrogen-bond acceptors (Lipinski definition) is 3. The normalized spacial score (nSPS) is 12.1. The van der Waals surface area contributed by atoms with Gasteiger partial charge >= 0.3 is 5.97 Å². The zero-order valence-corrected chi connectivity index (χ0v) is 13.5. The van der Waals surface area contributed by atoms with Crippen molar-refractivity contribution in [1.29, 1.82) is 0 Å². The lowest BCUT2D eigenvalue weighted by molar-refractivity contribution is -0.137. The number of benzene rings is 1. The summed E-state index contributed by atoms with van der Waals surface area (Å²) in [7, 11) is -3.87. The third kappa shape index (κ3) is 3.92. The van der Waals surface area contributed by atoms with Crippen LogP contribution in [0.1, 0.15) is 13.8 Å². The van der Waals surface area contributed by atoms with Crippen LogP contribution in [0.3, 0.4) is 0 Å². The van der Waals surface area contributed by atoms with Crippen LogP contribution < -0.4 is 0 Å². The van der Waals surface area contributed by atoms with Gasteiger partial charge in [-0.05, 0) is 48.0 Å². The molecular weight excluding hydrogens is 358 g/mol. The lowest BCUT2D eigenvalue weighted by atomic mass is 10.4. The lowest BCUT2D eigenvalue weighted by Gasteiger charge is -2.24. The van der Waals surface area contributed by atoms with Crippen molar-refractivity contribution < 1.29 is 18.3 Å². The average Bonchev–Trinajstić information content (AvgIpc) is 2.28. The molecule has 1 aromatic carbocycles. The Morgan fingerprint density at radius 1 is 1.47 bits per heavy atom. The predicted molar refractivity (Wildman–Crippen MR) is 75.8 cm³/mol. The highest BCUT2D eigenvalue weighted by Gasteiger charge is 2.29. The molecule has 0 fully saturated rings. The molecule has 1 N–H and O–H groups in total. The van der Waals surface area contributed by atoms with Gasteiger partial charge in [-0.1, -0.05) is 11.6 Å². The van der Waals surface area contributed by atoms with Gasteiger partial charge in [0, 0.05) is 10.5 Å². The summed E-state index contributed by atoms with van der Waals surface area (Å²) in [5.74, 6) is -1.20. The Labute approximate surface area is 125 Å². The Bertz CT molecular complexity index is 588. The topological polar surface area (TPSA) is 74.7 Å². The maximum atomic E-state index is 12.4. The Balaban J connectivity index is 3.26. The summed E-state index contributed by atoms with van der Waals surface area (Å²) in [6, 6.07) is 3.68. The van der Waals surface area contributed by atoms with E-state index in [1.807, 2.05) is 0 Å². The minimum Gasteiger partial charge on any atom is -0.480 e. The van der Waals surface area contributed by atoms with E-state index in [4.69, 9.17) is 16.7 Å².